The van der Waals surface area contributed by atoms with Gasteiger partial charge in [-0.3, -0.25) is 9.59 Å². The number of halogens is 1. The fourth-order valence-electron chi connectivity index (χ4n) is 3.01. The summed E-state index contributed by atoms with van der Waals surface area (Å²) in [7, 11) is 3.00. The number of anilines is 2. The quantitative estimate of drug-likeness (QED) is 0.416. The van der Waals surface area contributed by atoms with Crippen LogP contribution in [0.25, 0.3) is 0 Å². The molecule has 2 N–H and O–H groups in total. The van der Waals surface area contributed by atoms with Crippen LogP contribution >= 0.6 is 23.4 Å². The summed E-state index contributed by atoms with van der Waals surface area (Å²) in [4.78, 5) is 26.1. The molecule has 2 amide bonds. The van der Waals surface area contributed by atoms with Gasteiger partial charge in [0.1, 0.15) is 17.1 Å². The van der Waals surface area contributed by atoms with Crippen molar-refractivity contribution in [1.82, 2.24) is 0 Å². The van der Waals surface area contributed by atoms with Gasteiger partial charge in [-0.1, -0.05) is 29.8 Å². The number of benzene rings is 3. The van der Waals surface area contributed by atoms with Crippen molar-refractivity contribution in [2.75, 3.05) is 30.6 Å². The normalized spacial score (nSPS) is 10.4. The highest BCUT2D eigenvalue weighted by Crippen LogP contribution is 2.30. The molecule has 166 valence electrons. The largest absolute Gasteiger partial charge is 0.496 e. The van der Waals surface area contributed by atoms with E-state index in [0.29, 0.717) is 33.5 Å². The van der Waals surface area contributed by atoms with Crippen LogP contribution in [0.2, 0.25) is 5.02 Å². The van der Waals surface area contributed by atoms with E-state index in [2.05, 4.69) is 10.6 Å². The summed E-state index contributed by atoms with van der Waals surface area (Å²) >= 11 is 7.47. The second kappa shape index (κ2) is 10.9. The molecule has 0 spiro atoms. The zero-order valence-corrected chi connectivity index (χ0v) is 19.5. The van der Waals surface area contributed by atoms with Crippen molar-refractivity contribution in [1.29, 1.82) is 0 Å². The third-order valence-corrected chi connectivity index (χ3v) is 6.06. The van der Waals surface area contributed by atoms with Crippen LogP contribution < -0.4 is 20.1 Å². The molecule has 6 nitrogen and oxygen atoms in total. The molecule has 0 saturated carbocycles. The predicted octanol–water partition coefficient (Wildman–Crippen LogP) is 5.65. The fraction of sp³-hybridized carbons (Fsp3) is 0.167. The number of methoxy groups -OCH3 is 2. The molecule has 0 aliphatic rings. The third-order valence-electron chi connectivity index (χ3n) is 4.66. The van der Waals surface area contributed by atoms with Gasteiger partial charge in [0.25, 0.3) is 5.91 Å². The van der Waals surface area contributed by atoms with E-state index in [9.17, 15) is 9.59 Å². The predicted molar refractivity (Wildman–Crippen MR) is 129 cm³/mol. The number of hydrogen-bond acceptors (Lipinski definition) is 5. The van der Waals surface area contributed by atoms with Crippen LogP contribution in [0.15, 0.2) is 65.6 Å². The standard InChI is InChI=1S/C24H23ClN2O4S/c1-15-18(25)9-5-10-19(15)27-22(28)14-32-17-8-4-7-16(13-17)26-24(29)23-20(30-2)11-6-12-21(23)31-3/h4-13H,14H2,1-3H3,(H,26,29)(H,27,28). The molecule has 0 atom stereocenters. The van der Waals surface area contributed by atoms with Gasteiger partial charge in [-0.2, -0.15) is 0 Å². The van der Waals surface area contributed by atoms with E-state index in [1.54, 1.807) is 36.4 Å². The first-order valence-electron chi connectivity index (χ1n) is 9.73. The molecule has 0 unspecified atom stereocenters. The Bertz CT molecular complexity index is 1110. The van der Waals surface area contributed by atoms with Crippen molar-refractivity contribution in [2.24, 2.45) is 0 Å². The number of carbonyl (C=O) groups is 2. The van der Waals surface area contributed by atoms with Gasteiger partial charge >= 0.3 is 0 Å². The topological polar surface area (TPSA) is 76.7 Å². The van der Waals surface area contributed by atoms with E-state index in [-0.39, 0.29) is 17.6 Å². The lowest BCUT2D eigenvalue weighted by atomic mass is 10.1. The van der Waals surface area contributed by atoms with Crippen molar-refractivity contribution in [3.05, 3.63) is 76.8 Å². The van der Waals surface area contributed by atoms with Gasteiger partial charge in [0.05, 0.1) is 20.0 Å². The number of rotatable bonds is 8. The maximum absolute atomic E-state index is 12.9. The minimum Gasteiger partial charge on any atom is -0.496 e. The molecule has 8 heteroatoms. The Hall–Kier alpha value is -3.16. The second-order valence-electron chi connectivity index (χ2n) is 6.77. The smallest absolute Gasteiger partial charge is 0.263 e. The van der Waals surface area contributed by atoms with Gasteiger partial charge in [-0.05, 0) is 55.0 Å². The van der Waals surface area contributed by atoms with Crippen molar-refractivity contribution in [2.45, 2.75) is 11.8 Å². The van der Waals surface area contributed by atoms with Crippen LogP contribution in [0.5, 0.6) is 11.5 Å². The molecule has 0 aliphatic heterocycles. The van der Waals surface area contributed by atoms with Crippen LogP contribution in [0.4, 0.5) is 11.4 Å². The molecular weight excluding hydrogens is 448 g/mol. The molecule has 0 bridgehead atoms. The first-order valence-corrected chi connectivity index (χ1v) is 11.1. The monoisotopic (exact) mass is 470 g/mol. The van der Waals surface area contributed by atoms with Gasteiger partial charge in [-0.15, -0.1) is 11.8 Å². The molecule has 0 radical (unpaired) electrons. The maximum atomic E-state index is 12.9. The van der Waals surface area contributed by atoms with Gasteiger partial charge in [0.15, 0.2) is 0 Å². The molecule has 0 fully saturated rings. The molecule has 32 heavy (non-hydrogen) atoms. The van der Waals surface area contributed by atoms with E-state index in [4.69, 9.17) is 21.1 Å². The first-order chi connectivity index (χ1) is 15.4. The number of ether oxygens (including phenoxy) is 2. The van der Waals surface area contributed by atoms with E-state index in [0.717, 1.165) is 10.5 Å². The van der Waals surface area contributed by atoms with Crippen molar-refractivity contribution in [3.8, 4) is 11.5 Å². The van der Waals surface area contributed by atoms with Gasteiger partial charge in [-0.25, -0.2) is 0 Å². The zero-order chi connectivity index (χ0) is 23.1. The summed E-state index contributed by atoms with van der Waals surface area (Å²) in [6.45, 7) is 1.86. The summed E-state index contributed by atoms with van der Waals surface area (Å²) in [6.07, 6.45) is 0. The molecule has 0 heterocycles. The molecule has 3 rings (SSSR count). The second-order valence-corrected chi connectivity index (χ2v) is 8.22. The Morgan fingerprint density at radius 1 is 0.938 bits per heavy atom. The highest BCUT2D eigenvalue weighted by atomic mass is 35.5. The third kappa shape index (κ3) is 5.75. The Labute approximate surface area is 196 Å². The van der Waals surface area contributed by atoms with Crippen LogP contribution in [-0.4, -0.2) is 31.8 Å². The van der Waals surface area contributed by atoms with E-state index >= 15 is 0 Å². The Balaban J connectivity index is 1.65. The van der Waals surface area contributed by atoms with Crippen molar-refractivity contribution in [3.63, 3.8) is 0 Å². The molecule has 0 aliphatic carbocycles. The fourth-order valence-corrected chi connectivity index (χ4v) is 3.94. The van der Waals surface area contributed by atoms with Gasteiger partial charge < -0.3 is 20.1 Å². The summed E-state index contributed by atoms with van der Waals surface area (Å²) in [6, 6.07) is 17.8. The Kier molecular flexibility index (Phi) is 8.03. The van der Waals surface area contributed by atoms with Crippen LogP contribution in [0.1, 0.15) is 15.9 Å². The van der Waals surface area contributed by atoms with E-state index in [1.165, 1.54) is 26.0 Å². The molecule has 0 aromatic heterocycles. The van der Waals surface area contributed by atoms with Crippen LogP contribution in [0, 0.1) is 6.92 Å². The van der Waals surface area contributed by atoms with Crippen LogP contribution in [-0.2, 0) is 4.79 Å². The summed E-state index contributed by atoms with van der Waals surface area (Å²) in [5.41, 5.74) is 2.42. The lowest BCUT2D eigenvalue weighted by Crippen LogP contribution is -2.15. The van der Waals surface area contributed by atoms with Gasteiger partial charge in [0.2, 0.25) is 5.91 Å². The number of thioether (sulfide) groups is 1. The lowest BCUT2D eigenvalue weighted by Gasteiger charge is -2.13. The Morgan fingerprint density at radius 2 is 1.59 bits per heavy atom. The highest BCUT2D eigenvalue weighted by molar-refractivity contribution is 8.00. The molecular formula is C24H23ClN2O4S. The maximum Gasteiger partial charge on any atom is 0.263 e. The lowest BCUT2D eigenvalue weighted by molar-refractivity contribution is -0.113. The number of nitrogens with one attached hydrogen (secondary N) is 2. The summed E-state index contributed by atoms with van der Waals surface area (Å²) in [5.74, 6) is 0.550. The zero-order valence-electron chi connectivity index (χ0n) is 17.9. The number of hydrogen-bond donors (Lipinski definition) is 2. The van der Waals surface area contributed by atoms with Crippen LogP contribution in [0.3, 0.4) is 0 Å². The molecule has 0 saturated heterocycles. The number of carbonyl (C=O) groups excluding carboxylic acids is 2. The minimum absolute atomic E-state index is 0.145. The SMILES string of the molecule is COc1cccc(OC)c1C(=O)Nc1cccc(SCC(=O)Nc2cccc(Cl)c2C)c1. The van der Waals surface area contributed by atoms with E-state index in [1.807, 2.05) is 31.2 Å². The van der Waals surface area contributed by atoms with E-state index < -0.39 is 0 Å². The van der Waals surface area contributed by atoms with Gasteiger partial charge in [0, 0.05) is 21.3 Å². The summed E-state index contributed by atoms with van der Waals surface area (Å²) in [5, 5.41) is 6.34. The highest BCUT2D eigenvalue weighted by Gasteiger charge is 2.18. The summed E-state index contributed by atoms with van der Waals surface area (Å²) < 4.78 is 10.6. The molecule has 3 aromatic carbocycles. The number of amides is 2. The Morgan fingerprint density at radius 3 is 2.28 bits per heavy atom. The first kappa shape index (κ1) is 23.5. The molecule has 3 aromatic rings. The van der Waals surface area contributed by atoms with Crippen molar-refractivity contribution < 1.29 is 19.1 Å². The minimum atomic E-state index is -0.351. The average molecular weight is 471 g/mol. The average Bonchev–Trinajstić information content (AvgIpc) is 2.80. The van der Waals surface area contributed by atoms with Crippen molar-refractivity contribution >= 4 is 46.6 Å².